The summed E-state index contributed by atoms with van der Waals surface area (Å²) in [6.07, 6.45) is 3.42. The first-order chi connectivity index (χ1) is 11.8. The predicted molar refractivity (Wildman–Crippen MR) is 90.1 cm³/mol. The van der Waals surface area contributed by atoms with Crippen LogP contribution in [0.4, 0.5) is 0 Å². The maximum absolute atomic E-state index is 5.34. The van der Waals surface area contributed by atoms with E-state index >= 15 is 0 Å². The monoisotopic (exact) mass is 338 g/mol. The summed E-state index contributed by atoms with van der Waals surface area (Å²) in [5, 5.41) is 4.02. The van der Waals surface area contributed by atoms with Gasteiger partial charge in [0.05, 0.1) is 18.3 Å². The van der Waals surface area contributed by atoms with Gasteiger partial charge in [-0.1, -0.05) is 11.2 Å². The van der Waals surface area contributed by atoms with Gasteiger partial charge in [-0.15, -0.1) is 0 Å². The number of benzene rings is 1. The summed E-state index contributed by atoms with van der Waals surface area (Å²) in [4.78, 5) is 10.5. The Labute approximate surface area is 142 Å². The summed E-state index contributed by atoms with van der Waals surface area (Å²) in [6, 6.07) is 9.84. The first kappa shape index (κ1) is 14.9. The van der Waals surface area contributed by atoms with Gasteiger partial charge < -0.3 is 4.52 Å². The SMILES string of the molecule is CN(Cc1ccc2nsnc2c1)Cc1nc(-c2ccncc2)no1. The topological polar surface area (TPSA) is 80.8 Å². The second-order valence-corrected chi connectivity index (χ2v) is 6.04. The molecule has 8 heteroatoms. The van der Waals surface area contributed by atoms with Crippen molar-refractivity contribution in [2.45, 2.75) is 13.1 Å². The van der Waals surface area contributed by atoms with Crippen LogP contribution in [-0.4, -0.2) is 35.8 Å². The third-order valence-corrected chi connectivity index (χ3v) is 4.14. The molecule has 7 nitrogen and oxygen atoms in total. The Morgan fingerprint density at radius 1 is 1.04 bits per heavy atom. The van der Waals surface area contributed by atoms with Crippen LogP contribution in [0.2, 0.25) is 0 Å². The second-order valence-electron chi connectivity index (χ2n) is 5.51. The minimum Gasteiger partial charge on any atom is -0.338 e. The van der Waals surface area contributed by atoms with Crippen molar-refractivity contribution in [3.05, 3.63) is 54.2 Å². The normalized spacial score (nSPS) is 11.4. The van der Waals surface area contributed by atoms with E-state index in [-0.39, 0.29) is 0 Å². The highest BCUT2D eigenvalue weighted by Crippen LogP contribution is 2.17. The van der Waals surface area contributed by atoms with Crippen LogP contribution in [0.5, 0.6) is 0 Å². The van der Waals surface area contributed by atoms with Crippen LogP contribution in [0, 0.1) is 0 Å². The Kier molecular flexibility index (Phi) is 3.97. The van der Waals surface area contributed by atoms with E-state index in [0.29, 0.717) is 18.3 Å². The molecule has 0 saturated heterocycles. The molecule has 0 aliphatic carbocycles. The van der Waals surface area contributed by atoms with Gasteiger partial charge in [-0.05, 0) is 36.9 Å². The zero-order valence-electron chi connectivity index (χ0n) is 13.0. The highest BCUT2D eigenvalue weighted by atomic mass is 32.1. The summed E-state index contributed by atoms with van der Waals surface area (Å²) < 4.78 is 13.8. The lowest BCUT2D eigenvalue weighted by Crippen LogP contribution is -2.17. The number of nitrogens with zero attached hydrogens (tertiary/aromatic N) is 6. The van der Waals surface area contributed by atoms with Crippen LogP contribution < -0.4 is 0 Å². The van der Waals surface area contributed by atoms with Crippen molar-refractivity contribution in [1.29, 1.82) is 0 Å². The van der Waals surface area contributed by atoms with Gasteiger partial charge in [0.1, 0.15) is 11.0 Å². The molecule has 0 bridgehead atoms. The molecule has 0 atom stereocenters. The summed E-state index contributed by atoms with van der Waals surface area (Å²) in [5.41, 5.74) is 3.93. The quantitative estimate of drug-likeness (QED) is 0.553. The van der Waals surface area contributed by atoms with E-state index < -0.39 is 0 Å². The molecule has 0 unspecified atom stereocenters. The van der Waals surface area contributed by atoms with Crippen LogP contribution in [0.1, 0.15) is 11.5 Å². The Bertz CT molecular complexity index is 951. The minimum absolute atomic E-state index is 0.575. The molecule has 0 fully saturated rings. The molecule has 0 aliphatic rings. The molecule has 0 N–H and O–H groups in total. The van der Waals surface area contributed by atoms with E-state index in [1.807, 2.05) is 25.2 Å². The van der Waals surface area contributed by atoms with E-state index in [4.69, 9.17) is 4.52 Å². The summed E-state index contributed by atoms with van der Waals surface area (Å²) in [6.45, 7) is 1.34. The van der Waals surface area contributed by atoms with E-state index in [0.717, 1.165) is 23.1 Å². The second kappa shape index (κ2) is 6.42. The lowest BCUT2D eigenvalue weighted by atomic mass is 10.2. The molecule has 0 spiro atoms. The molecule has 3 aromatic heterocycles. The number of hydrogen-bond donors (Lipinski definition) is 0. The Hall–Kier alpha value is -2.71. The number of fused-ring (bicyclic) bond motifs is 1. The average Bonchev–Trinajstić information content (AvgIpc) is 3.24. The molecule has 24 heavy (non-hydrogen) atoms. The minimum atomic E-state index is 0.575. The fourth-order valence-corrected chi connectivity index (χ4v) is 2.98. The van der Waals surface area contributed by atoms with Crippen molar-refractivity contribution in [2.75, 3.05) is 7.05 Å². The molecular formula is C16H14N6OS. The molecule has 1 aromatic carbocycles. The lowest BCUT2D eigenvalue weighted by molar-refractivity contribution is 0.261. The molecule has 0 aliphatic heterocycles. The van der Waals surface area contributed by atoms with Crippen molar-refractivity contribution in [3.63, 3.8) is 0 Å². The molecule has 0 radical (unpaired) electrons. The van der Waals surface area contributed by atoms with Crippen LogP contribution in [0.15, 0.2) is 47.2 Å². The third-order valence-electron chi connectivity index (χ3n) is 3.58. The fourth-order valence-electron chi connectivity index (χ4n) is 2.46. The largest absolute Gasteiger partial charge is 0.338 e. The van der Waals surface area contributed by atoms with Crippen molar-refractivity contribution >= 4 is 22.8 Å². The molecule has 0 amide bonds. The van der Waals surface area contributed by atoms with Gasteiger partial charge in [-0.2, -0.15) is 13.7 Å². The van der Waals surface area contributed by atoms with Gasteiger partial charge in [0.25, 0.3) is 0 Å². The summed E-state index contributed by atoms with van der Waals surface area (Å²) in [7, 11) is 2.01. The highest BCUT2D eigenvalue weighted by Gasteiger charge is 2.11. The van der Waals surface area contributed by atoms with Crippen LogP contribution in [-0.2, 0) is 13.1 Å². The number of rotatable bonds is 5. The molecular weight excluding hydrogens is 324 g/mol. The van der Waals surface area contributed by atoms with Crippen molar-refractivity contribution < 1.29 is 4.52 Å². The number of aromatic nitrogens is 5. The first-order valence-electron chi connectivity index (χ1n) is 7.41. The zero-order chi connectivity index (χ0) is 16.4. The fraction of sp³-hybridized carbons (Fsp3) is 0.188. The van der Waals surface area contributed by atoms with Gasteiger partial charge >= 0.3 is 0 Å². The van der Waals surface area contributed by atoms with Gasteiger partial charge in [0, 0.05) is 24.5 Å². The smallest absolute Gasteiger partial charge is 0.241 e. The van der Waals surface area contributed by atoms with Crippen molar-refractivity contribution in [1.82, 2.24) is 28.8 Å². The lowest BCUT2D eigenvalue weighted by Gasteiger charge is -2.13. The Morgan fingerprint density at radius 2 is 1.88 bits per heavy atom. The standard InChI is InChI=1S/C16H14N6OS/c1-22(9-11-2-3-13-14(8-11)21-24-20-13)10-15-18-16(19-23-15)12-4-6-17-7-5-12/h2-8H,9-10H2,1H3. The molecule has 3 heterocycles. The van der Waals surface area contributed by atoms with Crippen molar-refractivity contribution in [3.8, 4) is 11.4 Å². The number of hydrogen-bond acceptors (Lipinski definition) is 8. The van der Waals surface area contributed by atoms with E-state index in [1.165, 1.54) is 17.3 Å². The van der Waals surface area contributed by atoms with Crippen LogP contribution in [0.25, 0.3) is 22.4 Å². The molecule has 4 aromatic rings. The van der Waals surface area contributed by atoms with Gasteiger partial charge in [0.15, 0.2) is 0 Å². The summed E-state index contributed by atoms with van der Waals surface area (Å²) in [5.74, 6) is 1.16. The van der Waals surface area contributed by atoms with Gasteiger partial charge in [-0.3, -0.25) is 9.88 Å². The zero-order valence-corrected chi connectivity index (χ0v) is 13.8. The number of pyridine rings is 1. The molecule has 4 rings (SSSR count). The first-order valence-corrected chi connectivity index (χ1v) is 8.14. The third kappa shape index (κ3) is 3.15. The molecule has 120 valence electrons. The maximum Gasteiger partial charge on any atom is 0.241 e. The highest BCUT2D eigenvalue weighted by molar-refractivity contribution is 7.00. The van der Waals surface area contributed by atoms with Crippen molar-refractivity contribution in [2.24, 2.45) is 0 Å². The van der Waals surface area contributed by atoms with Gasteiger partial charge in [0.2, 0.25) is 11.7 Å². The average molecular weight is 338 g/mol. The van der Waals surface area contributed by atoms with Gasteiger partial charge in [-0.25, -0.2) is 0 Å². The Morgan fingerprint density at radius 3 is 2.75 bits per heavy atom. The van der Waals surface area contributed by atoms with E-state index in [1.54, 1.807) is 12.4 Å². The van der Waals surface area contributed by atoms with Crippen LogP contribution in [0.3, 0.4) is 0 Å². The molecule has 0 saturated carbocycles. The Balaban J connectivity index is 1.44. The van der Waals surface area contributed by atoms with E-state index in [9.17, 15) is 0 Å². The van der Waals surface area contributed by atoms with E-state index in [2.05, 4.69) is 40.9 Å². The predicted octanol–water partition coefficient (Wildman–Crippen LogP) is 2.77. The maximum atomic E-state index is 5.34. The van der Waals surface area contributed by atoms with Crippen LogP contribution >= 0.6 is 11.7 Å². The summed E-state index contributed by atoms with van der Waals surface area (Å²) >= 11 is 1.23.